The summed E-state index contributed by atoms with van der Waals surface area (Å²) in [6, 6.07) is 43.1. The summed E-state index contributed by atoms with van der Waals surface area (Å²) in [5, 5.41) is 14.3. The summed E-state index contributed by atoms with van der Waals surface area (Å²) in [5.41, 5.74) is 8.19. The van der Waals surface area contributed by atoms with E-state index in [0.29, 0.717) is 13.2 Å². The zero-order chi connectivity index (χ0) is 69.5. The molecule has 9 aromatic rings. The maximum Gasteiger partial charge on any atom is 1.00 e. The summed E-state index contributed by atoms with van der Waals surface area (Å²) in [4.78, 5) is 72.6. The number of carbonyl (C=O) groups is 3. The first-order valence-electron chi connectivity index (χ1n) is 34.8. The van der Waals surface area contributed by atoms with Gasteiger partial charge in [0, 0.05) is 170 Å². The van der Waals surface area contributed by atoms with Crippen molar-refractivity contribution in [2.75, 3.05) is 139 Å². The predicted molar refractivity (Wildman–Crippen MR) is 399 cm³/mol. The molecule has 101 heavy (non-hydrogen) atoms. The number of carbonyl (C=O) groups excluding carboxylic acids is 3. The van der Waals surface area contributed by atoms with E-state index < -0.39 is 0 Å². The Balaban J connectivity index is 0.000000226. The van der Waals surface area contributed by atoms with Crippen LogP contribution in [0.1, 0.15) is 76.1 Å². The molecule has 0 N–H and O–H groups in total. The Hall–Kier alpha value is -5.05. The Morgan fingerprint density at radius 2 is 1.02 bits per heavy atom. The number of anilines is 4. The van der Waals surface area contributed by atoms with Gasteiger partial charge in [0.25, 0.3) is 6.47 Å². The number of fused-ring (bicyclic) bond motifs is 4. The van der Waals surface area contributed by atoms with Gasteiger partial charge >= 0.3 is 150 Å². The molecule has 4 saturated heterocycles. The summed E-state index contributed by atoms with van der Waals surface area (Å²) >= 11 is 3.39. The number of ether oxygens (including phenoxy) is 2. The number of nitrogens with zero attached hydrogens (tertiary/aromatic N) is 13. The van der Waals surface area contributed by atoms with Crippen molar-refractivity contribution >= 4 is 96.1 Å². The van der Waals surface area contributed by atoms with Crippen LogP contribution in [0.3, 0.4) is 0 Å². The third kappa shape index (κ3) is 23.5. The van der Waals surface area contributed by atoms with Crippen molar-refractivity contribution in [1.82, 2.24) is 44.1 Å². The van der Waals surface area contributed by atoms with Gasteiger partial charge in [0.1, 0.15) is 35.3 Å². The number of piperidine rings is 2. The first-order chi connectivity index (χ1) is 48.4. The number of halogens is 1. The van der Waals surface area contributed by atoms with Crippen LogP contribution >= 0.6 is 15.9 Å². The van der Waals surface area contributed by atoms with Crippen molar-refractivity contribution < 1.29 is 173 Å². The molecule has 1 aliphatic carbocycles. The SMILES string of the molecule is CC.CN(C)c1cccc2cnc(-n3ccc4cc(N5CCC(CCN6CCN(C(=O)OCc7ccccc7)CC6)CC5)ncc43)cc12.CN(C)c1cccc2cnc(Br)cc12.O=C(OCc1ccccc1)N1CCN(CCC2CCN(c3cc4c(cn3)CC=C4)CC2)CC1.O=CO[O-].[Cs+].[Cs+].[H-]. The minimum absolute atomic E-state index is 0. The van der Waals surface area contributed by atoms with Gasteiger partial charge in [-0.05, 0) is 151 Å². The van der Waals surface area contributed by atoms with Crippen LogP contribution in [0.25, 0.3) is 44.3 Å². The van der Waals surface area contributed by atoms with Gasteiger partial charge in [-0.15, -0.1) is 0 Å². The van der Waals surface area contributed by atoms with E-state index in [9.17, 15) is 9.59 Å². The molecule has 0 bridgehead atoms. The molecule has 0 atom stereocenters. The van der Waals surface area contributed by atoms with Crippen molar-refractivity contribution in [1.29, 1.82) is 0 Å². The molecular formula is C78H96BrCs2N13O7. The molecule has 4 aliphatic heterocycles. The average Bonchev–Trinajstić information content (AvgIpc) is 1.57. The number of piperazine rings is 2. The molecule has 0 saturated carbocycles. The summed E-state index contributed by atoms with van der Waals surface area (Å²) in [6.45, 7) is 17.6. The van der Waals surface area contributed by atoms with Gasteiger partial charge in [-0.3, -0.25) is 19.2 Å². The normalized spacial score (nSPS) is 15.4. The van der Waals surface area contributed by atoms with E-state index in [4.69, 9.17) is 34.5 Å². The van der Waals surface area contributed by atoms with Crippen LogP contribution in [0.15, 0.2) is 169 Å². The molecule has 4 fully saturated rings. The largest absolute Gasteiger partial charge is 1.00 e. The Morgan fingerprint density at radius 1 is 0.554 bits per heavy atom. The zero-order valence-electron chi connectivity index (χ0n) is 61.2. The first-order valence-corrected chi connectivity index (χ1v) is 35.6. The minimum Gasteiger partial charge on any atom is -1.00 e. The first kappa shape index (κ1) is 81.6. The van der Waals surface area contributed by atoms with Crippen molar-refractivity contribution in [2.45, 2.75) is 72.0 Å². The van der Waals surface area contributed by atoms with Crippen LogP contribution < -0.4 is 163 Å². The third-order valence-corrected chi connectivity index (χ3v) is 19.6. The van der Waals surface area contributed by atoms with Crippen LogP contribution in [0, 0.1) is 11.8 Å². The van der Waals surface area contributed by atoms with E-state index in [1.54, 1.807) is 0 Å². The van der Waals surface area contributed by atoms with Crippen molar-refractivity contribution in [3.8, 4) is 5.82 Å². The van der Waals surface area contributed by atoms with Crippen LogP contribution in [-0.2, 0) is 38.8 Å². The van der Waals surface area contributed by atoms with Crippen molar-refractivity contribution in [3.05, 3.63) is 191 Å². The number of aromatic nitrogens is 5. The maximum atomic E-state index is 12.5. The van der Waals surface area contributed by atoms with E-state index in [2.05, 4.69) is 147 Å². The van der Waals surface area contributed by atoms with Gasteiger partial charge < -0.3 is 50.4 Å². The Morgan fingerprint density at radius 3 is 1.51 bits per heavy atom. The number of allylic oxidation sites excluding steroid dienone is 1. The molecule has 524 valence electrons. The number of hydrogen-bond donors (Lipinski definition) is 0. The molecule has 14 rings (SSSR count). The molecule has 2 amide bonds. The minimum atomic E-state index is -0.205. The summed E-state index contributed by atoms with van der Waals surface area (Å²) in [7, 11) is 8.24. The summed E-state index contributed by atoms with van der Waals surface area (Å²) < 4.78 is 14.0. The second-order valence-corrected chi connectivity index (χ2v) is 26.7. The molecular weight excluding hydrogens is 1580 g/mol. The fraction of sp³-hybridized carbons (Fsp3) is 0.397. The molecule has 5 aliphatic rings. The van der Waals surface area contributed by atoms with Gasteiger partial charge in [0.2, 0.25) is 0 Å². The van der Waals surface area contributed by atoms with E-state index in [0.717, 1.165) is 154 Å². The van der Waals surface area contributed by atoms with Gasteiger partial charge in [-0.2, -0.15) is 0 Å². The number of rotatable bonds is 16. The summed E-state index contributed by atoms with van der Waals surface area (Å²) in [5.74, 6) is 4.59. The second-order valence-electron chi connectivity index (χ2n) is 25.8. The van der Waals surface area contributed by atoms with E-state index in [1.807, 2.05) is 135 Å². The molecule has 0 unspecified atom stereocenters. The van der Waals surface area contributed by atoms with Gasteiger partial charge in [-0.25, -0.2) is 29.5 Å². The second kappa shape index (κ2) is 42.2. The predicted octanol–water partition coefficient (Wildman–Crippen LogP) is 7.06. The van der Waals surface area contributed by atoms with Crippen LogP contribution in [-0.4, -0.2) is 183 Å². The number of hydrogen-bond acceptors (Lipinski definition) is 17. The van der Waals surface area contributed by atoms with Crippen LogP contribution in [0.5, 0.6) is 0 Å². The van der Waals surface area contributed by atoms with E-state index in [1.165, 1.54) is 82.6 Å². The molecule has 0 radical (unpaired) electrons. The third-order valence-electron chi connectivity index (χ3n) is 19.1. The quantitative estimate of drug-likeness (QED) is 0.0414. The Labute approximate surface area is 723 Å². The zero-order valence-corrected chi connectivity index (χ0v) is 74.4. The Kier molecular flexibility index (Phi) is 34.1. The summed E-state index contributed by atoms with van der Waals surface area (Å²) in [6.07, 6.45) is 22.3. The fourth-order valence-corrected chi connectivity index (χ4v) is 13.8. The van der Waals surface area contributed by atoms with Crippen molar-refractivity contribution in [2.24, 2.45) is 11.8 Å². The molecule has 23 heteroatoms. The fourth-order valence-electron chi connectivity index (χ4n) is 13.4. The topological polar surface area (TPSA) is 184 Å². The number of benzene rings is 4. The monoisotopic (exact) mass is 1670 g/mol. The Bertz CT molecular complexity index is 4080. The van der Waals surface area contributed by atoms with Gasteiger partial charge in [-0.1, -0.05) is 111 Å². The van der Waals surface area contributed by atoms with E-state index >= 15 is 0 Å². The van der Waals surface area contributed by atoms with Gasteiger partial charge in [0.15, 0.2) is 0 Å². The smallest absolute Gasteiger partial charge is 1.00 e. The van der Waals surface area contributed by atoms with Gasteiger partial charge in [0.05, 0.1) is 11.7 Å². The molecule has 5 aromatic heterocycles. The van der Waals surface area contributed by atoms with Crippen LogP contribution in [0.2, 0.25) is 0 Å². The molecule has 0 spiro atoms. The number of pyridine rings is 4. The number of amides is 2. The average molecular weight is 1670 g/mol. The molecule has 20 nitrogen and oxygen atoms in total. The molecule has 4 aromatic carbocycles. The standard InChI is InChI=1S/C37H43N7O2.C27H34N4O2.C11H11BrN2.C2H6.CH2O3.2Cs.H/c1-40(2)33-10-6-9-31-25-38-36(24-32(31)33)44-18-14-30-23-35(39-26-34(30)44)42-16-12-28(13-17-42)11-15-41-19-21-43(22-20-41)37(45)46-27-29-7-4-3-5-8-29;32-27(33-21-23-5-2-1-3-6-23)31-17-15-29(16-18-31)12-9-22-10-13-30(14-11-22)26-19-24-7-4-8-25(24)20-28-26;1-14(2)10-5-3-4-8-7-13-11(12)6-9(8)10;1-2;2-1-4-3;;;/h3-10,14,18,23-26,28H,11-13,15-17,19-22,27H2,1-2H3;1-7,19-20,22H,8-18,21H2;3-7H,1-2H3;1-2H3;1,3H;;;/q;;;;;2*+1;-1/p-1. The van der Waals surface area contributed by atoms with Crippen LogP contribution in [0.4, 0.5) is 32.6 Å². The maximum absolute atomic E-state index is 12.5. The van der Waals surface area contributed by atoms with E-state index in [-0.39, 0.29) is 158 Å². The van der Waals surface area contributed by atoms with Crippen molar-refractivity contribution in [3.63, 3.8) is 0 Å². The molecule has 9 heterocycles.